The van der Waals surface area contributed by atoms with Crippen molar-refractivity contribution in [1.29, 1.82) is 0 Å². The molecule has 0 bridgehead atoms. The molecule has 0 saturated carbocycles. The third-order valence-corrected chi connectivity index (χ3v) is 4.84. The van der Waals surface area contributed by atoms with Gasteiger partial charge in [0, 0.05) is 30.5 Å². The molecule has 0 saturated heterocycles. The molecule has 6 heteroatoms. The zero-order valence-corrected chi connectivity index (χ0v) is 12.7. The van der Waals surface area contributed by atoms with E-state index in [1.807, 2.05) is 30.3 Å². The average Bonchev–Trinajstić information content (AvgIpc) is 2.40. The molecule has 0 N–H and O–H groups in total. The van der Waals surface area contributed by atoms with Crippen LogP contribution < -0.4 is 0 Å². The maximum absolute atomic E-state index is 12.4. The van der Waals surface area contributed by atoms with E-state index < -0.39 is 10.0 Å². The highest BCUT2D eigenvalue weighted by Gasteiger charge is 2.21. The van der Waals surface area contributed by atoms with Gasteiger partial charge in [-0.05, 0) is 27.6 Å². The molecule has 0 spiro atoms. The van der Waals surface area contributed by atoms with Gasteiger partial charge in [0.25, 0.3) is 0 Å². The summed E-state index contributed by atoms with van der Waals surface area (Å²) < 4.78 is 26.7. The smallest absolute Gasteiger partial charge is 0.244 e. The fraction of sp³-hybridized carbons (Fsp3) is 0.154. The molecule has 0 aliphatic rings. The first kappa shape index (κ1) is 14.2. The molecule has 0 radical (unpaired) electrons. The first-order valence-electron chi connectivity index (χ1n) is 5.61. The third-order valence-electron chi connectivity index (χ3n) is 2.64. The van der Waals surface area contributed by atoms with Gasteiger partial charge in [0.2, 0.25) is 10.0 Å². The molecule has 2 rings (SSSR count). The van der Waals surface area contributed by atoms with Gasteiger partial charge in [-0.2, -0.15) is 4.31 Å². The van der Waals surface area contributed by atoms with Crippen LogP contribution in [0.4, 0.5) is 0 Å². The molecule has 0 atom stereocenters. The highest BCUT2D eigenvalue weighted by atomic mass is 79.9. The van der Waals surface area contributed by atoms with Crippen molar-refractivity contribution in [2.24, 2.45) is 0 Å². The zero-order valence-electron chi connectivity index (χ0n) is 10.3. The van der Waals surface area contributed by atoms with Gasteiger partial charge in [-0.25, -0.2) is 8.42 Å². The van der Waals surface area contributed by atoms with Crippen molar-refractivity contribution in [3.05, 3.63) is 58.8 Å². The quantitative estimate of drug-likeness (QED) is 0.859. The molecule has 100 valence electrons. The second-order valence-corrected chi connectivity index (χ2v) is 7.05. The summed E-state index contributed by atoms with van der Waals surface area (Å²) in [6, 6.07) is 11.0. The number of pyridine rings is 1. The van der Waals surface area contributed by atoms with Crippen LogP contribution in [0.2, 0.25) is 0 Å². The summed E-state index contributed by atoms with van der Waals surface area (Å²) in [5.74, 6) is 0. The molecule has 19 heavy (non-hydrogen) atoms. The molecule has 0 aliphatic carbocycles. The number of rotatable bonds is 4. The van der Waals surface area contributed by atoms with E-state index in [0.717, 1.165) is 5.56 Å². The number of aromatic nitrogens is 1. The Morgan fingerprint density at radius 3 is 2.53 bits per heavy atom. The Morgan fingerprint density at radius 1 is 1.21 bits per heavy atom. The average molecular weight is 341 g/mol. The summed E-state index contributed by atoms with van der Waals surface area (Å²) in [4.78, 5) is 4.07. The molecular formula is C13H13BrN2O2S. The molecule has 0 unspecified atom stereocenters. The summed E-state index contributed by atoms with van der Waals surface area (Å²) in [6.07, 6.45) is 2.90. The Bertz CT molecular complexity index is 659. The number of hydrogen-bond donors (Lipinski definition) is 0. The van der Waals surface area contributed by atoms with Crippen LogP contribution >= 0.6 is 15.9 Å². The molecule has 0 fully saturated rings. The van der Waals surface area contributed by atoms with Crippen LogP contribution in [0.5, 0.6) is 0 Å². The van der Waals surface area contributed by atoms with Crippen molar-refractivity contribution in [2.45, 2.75) is 11.4 Å². The van der Waals surface area contributed by atoms with Crippen molar-refractivity contribution < 1.29 is 8.42 Å². The largest absolute Gasteiger partial charge is 0.262 e. The predicted octanol–water partition coefficient (Wildman–Crippen LogP) is 2.66. The van der Waals surface area contributed by atoms with Crippen LogP contribution in [0.1, 0.15) is 5.56 Å². The van der Waals surface area contributed by atoms with Crippen LogP contribution in [-0.4, -0.2) is 24.8 Å². The first-order chi connectivity index (χ1) is 9.00. The Hall–Kier alpha value is -1.24. The van der Waals surface area contributed by atoms with Gasteiger partial charge in [-0.15, -0.1) is 0 Å². The summed E-state index contributed by atoms with van der Waals surface area (Å²) in [6.45, 7) is 0.329. The van der Waals surface area contributed by atoms with E-state index in [2.05, 4.69) is 20.9 Å². The van der Waals surface area contributed by atoms with E-state index in [9.17, 15) is 8.42 Å². The van der Waals surface area contributed by atoms with Crippen LogP contribution in [0.3, 0.4) is 0 Å². The molecule has 2 aromatic rings. The van der Waals surface area contributed by atoms with Crippen molar-refractivity contribution >= 4 is 26.0 Å². The number of sulfonamides is 1. The van der Waals surface area contributed by atoms with Crippen molar-refractivity contribution in [1.82, 2.24) is 9.29 Å². The second-order valence-electron chi connectivity index (χ2n) is 4.09. The SMILES string of the molecule is CN(Cc1ccccc1)S(=O)(=O)c1cncc(Br)c1. The monoisotopic (exact) mass is 340 g/mol. The van der Waals surface area contributed by atoms with Crippen molar-refractivity contribution in [3.8, 4) is 0 Å². The van der Waals surface area contributed by atoms with Gasteiger partial charge >= 0.3 is 0 Å². The molecule has 0 aliphatic heterocycles. The lowest BCUT2D eigenvalue weighted by molar-refractivity contribution is 0.466. The highest BCUT2D eigenvalue weighted by Crippen LogP contribution is 2.19. The molecular weight excluding hydrogens is 328 g/mol. The van der Waals surface area contributed by atoms with Crippen molar-refractivity contribution in [2.75, 3.05) is 7.05 Å². The minimum atomic E-state index is -3.52. The lowest BCUT2D eigenvalue weighted by Gasteiger charge is -2.17. The lowest BCUT2D eigenvalue weighted by Crippen LogP contribution is -2.26. The minimum Gasteiger partial charge on any atom is -0.262 e. The fourth-order valence-electron chi connectivity index (χ4n) is 1.64. The van der Waals surface area contributed by atoms with E-state index in [4.69, 9.17) is 0 Å². The number of hydrogen-bond acceptors (Lipinski definition) is 3. The van der Waals surface area contributed by atoms with E-state index in [1.165, 1.54) is 10.5 Å². The highest BCUT2D eigenvalue weighted by molar-refractivity contribution is 9.10. The molecule has 4 nitrogen and oxygen atoms in total. The number of nitrogens with zero attached hydrogens (tertiary/aromatic N) is 2. The fourth-order valence-corrected chi connectivity index (χ4v) is 3.30. The maximum Gasteiger partial charge on any atom is 0.244 e. The second kappa shape index (κ2) is 5.81. The first-order valence-corrected chi connectivity index (χ1v) is 7.84. The van der Waals surface area contributed by atoms with Crippen LogP contribution in [0.25, 0.3) is 0 Å². The van der Waals surface area contributed by atoms with Crippen LogP contribution in [0, 0.1) is 0 Å². The van der Waals surface area contributed by atoms with Gasteiger partial charge in [0.15, 0.2) is 0 Å². The molecule has 1 heterocycles. The lowest BCUT2D eigenvalue weighted by atomic mass is 10.2. The van der Waals surface area contributed by atoms with Gasteiger partial charge < -0.3 is 0 Å². The number of halogens is 1. The Balaban J connectivity index is 2.25. The van der Waals surface area contributed by atoms with Crippen LogP contribution in [-0.2, 0) is 16.6 Å². The van der Waals surface area contributed by atoms with E-state index in [0.29, 0.717) is 11.0 Å². The third kappa shape index (κ3) is 3.40. The van der Waals surface area contributed by atoms with Gasteiger partial charge in [-0.3, -0.25) is 4.98 Å². The van der Waals surface area contributed by atoms with Gasteiger partial charge in [-0.1, -0.05) is 30.3 Å². The predicted molar refractivity (Wildman–Crippen MR) is 77.0 cm³/mol. The Morgan fingerprint density at radius 2 is 1.89 bits per heavy atom. The molecule has 1 aromatic carbocycles. The topological polar surface area (TPSA) is 50.3 Å². The zero-order chi connectivity index (χ0) is 13.9. The number of benzene rings is 1. The standard InChI is InChI=1S/C13H13BrN2O2S/c1-16(10-11-5-3-2-4-6-11)19(17,18)13-7-12(14)8-15-9-13/h2-9H,10H2,1H3. The Kier molecular flexibility index (Phi) is 4.34. The maximum atomic E-state index is 12.4. The van der Waals surface area contributed by atoms with E-state index >= 15 is 0 Å². The van der Waals surface area contributed by atoms with Crippen LogP contribution in [0.15, 0.2) is 58.2 Å². The molecule has 1 aromatic heterocycles. The van der Waals surface area contributed by atoms with Crippen molar-refractivity contribution in [3.63, 3.8) is 0 Å². The minimum absolute atomic E-state index is 0.181. The van der Waals surface area contributed by atoms with Gasteiger partial charge in [0.05, 0.1) is 0 Å². The summed E-state index contributed by atoms with van der Waals surface area (Å²) >= 11 is 3.23. The van der Waals surface area contributed by atoms with Gasteiger partial charge in [0.1, 0.15) is 4.90 Å². The summed E-state index contributed by atoms with van der Waals surface area (Å²) in [7, 11) is -1.96. The molecule has 0 amide bonds. The normalized spacial score (nSPS) is 11.7. The summed E-state index contributed by atoms with van der Waals surface area (Å²) in [5.41, 5.74) is 0.941. The Labute approximate surface area is 121 Å². The van der Waals surface area contributed by atoms with E-state index in [-0.39, 0.29) is 4.90 Å². The summed E-state index contributed by atoms with van der Waals surface area (Å²) in [5, 5.41) is 0. The van der Waals surface area contributed by atoms with E-state index in [1.54, 1.807) is 19.3 Å².